The molecule has 0 atom stereocenters. The van der Waals surface area contributed by atoms with E-state index in [0.717, 1.165) is 35.5 Å². The maximum Gasteiger partial charge on any atom is -0.0233 e. The molecule has 0 N–H and O–H groups in total. The highest BCUT2D eigenvalue weighted by Gasteiger charge is 2.34. The van der Waals surface area contributed by atoms with E-state index < -0.39 is 0 Å². The maximum atomic E-state index is 2.46. The normalized spacial score (nSPS) is 41.6. The molecular formula is C24H42. The lowest BCUT2D eigenvalue weighted by Crippen LogP contribution is -2.29. The molecule has 138 valence electrons. The van der Waals surface area contributed by atoms with E-state index in [1.807, 2.05) is 0 Å². The van der Waals surface area contributed by atoms with E-state index in [1.165, 1.54) is 38.5 Å². The van der Waals surface area contributed by atoms with Gasteiger partial charge in [-0.2, -0.15) is 0 Å². The summed E-state index contributed by atoms with van der Waals surface area (Å²) in [6.07, 6.45) is 26.1. The smallest absolute Gasteiger partial charge is 0.0233 e. The van der Waals surface area contributed by atoms with Crippen molar-refractivity contribution in [1.29, 1.82) is 0 Å². The zero-order valence-corrected chi connectivity index (χ0v) is 16.5. The molecule has 0 nitrogen and oxygen atoms in total. The Labute approximate surface area is 151 Å². The van der Waals surface area contributed by atoms with E-state index in [4.69, 9.17) is 0 Å². The summed E-state index contributed by atoms with van der Waals surface area (Å²) < 4.78 is 0. The van der Waals surface area contributed by atoms with Gasteiger partial charge in [-0.3, -0.25) is 0 Å². The van der Waals surface area contributed by atoms with Crippen molar-refractivity contribution in [3.63, 3.8) is 0 Å². The molecule has 0 bridgehead atoms. The van der Waals surface area contributed by atoms with Crippen LogP contribution >= 0.6 is 0 Å². The highest BCUT2D eigenvalue weighted by molar-refractivity contribution is 4.91. The lowest BCUT2D eigenvalue weighted by atomic mass is 9.65. The average molecular weight is 331 g/mol. The number of rotatable bonds is 5. The second-order valence-corrected chi connectivity index (χ2v) is 9.44. The number of allylic oxidation sites excluding steroid dienone is 2. The second kappa shape index (κ2) is 9.44. The Hall–Kier alpha value is -0.260. The van der Waals surface area contributed by atoms with Gasteiger partial charge in [0.05, 0.1) is 0 Å². The average Bonchev–Trinajstić information content (AvgIpc) is 2.64. The van der Waals surface area contributed by atoms with Gasteiger partial charge in [0.15, 0.2) is 0 Å². The molecular weight excluding hydrogens is 288 g/mol. The van der Waals surface area contributed by atoms with Gasteiger partial charge in [-0.05, 0) is 107 Å². The maximum absolute atomic E-state index is 2.46. The van der Waals surface area contributed by atoms with E-state index in [2.05, 4.69) is 26.0 Å². The van der Waals surface area contributed by atoms with Crippen LogP contribution in [0.25, 0.3) is 0 Å². The van der Waals surface area contributed by atoms with Crippen molar-refractivity contribution in [3.05, 3.63) is 12.2 Å². The first-order valence-electron chi connectivity index (χ1n) is 11.4. The molecule has 3 saturated carbocycles. The van der Waals surface area contributed by atoms with Crippen LogP contribution in [0.15, 0.2) is 12.2 Å². The first-order valence-corrected chi connectivity index (χ1v) is 11.4. The summed E-state index contributed by atoms with van der Waals surface area (Å²) in [5.41, 5.74) is 0. The largest absolute Gasteiger partial charge is 0.0914 e. The summed E-state index contributed by atoms with van der Waals surface area (Å²) in [5.74, 6) is 6.35. The SMILES string of the molecule is C/C=C/C1CCC(C2CCC(C3CCC(CCC)CC3)CC2)CC1. The Morgan fingerprint density at radius 1 is 0.625 bits per heavy atom. The van der Waals surface area contributed by atoms with Crippen LogP contribution in [0.5, 0.6) is 0 Å². The van der Waals surface area contributed by atoms with Crippen LogP contribution in [-0.2, 0) is 0 Å². The van der Waals surface area contributed by atoms with Crippen molar-refractivity contribution in [3.8, 4) is 0 Å². The molecule has 0 aromatic heterocycles. The van der Waals surface area contributed by atoms with Gasteiger partial charge in [-0.1, -0.05) is 44.8 Å². The lowest BCUT2D eigenvalue weighted by Gasteiger charge is -2.41. The molecule has 0 spiro atoms. The molecule has 0 aliphatic heterocycles. The van der Waals surface area contributed by atoms with Crippen LogP contribution in [0.3, 0.4) is 0 Å². The Morgan fingerprint density at radius 2 is 1.04 bits per heavy atom. The topological polar surface area (TPSA) is 0 Å². The van der Waals surface area contributed by atoms with E-state index in [1.54, 1.807) is 51.4 Å². The van der Waals surface area contributed by atoms with Gasteiger partial charge >= 0.3 is 0 Å². The molecule has 0 aromatic rings. The summed E-state index contributed by atoms with van der Waals surface area (Å²) in [7, 11) is 0. The summed E-state index contributed by atoms with van der Waals surface area (Å²) in [6.45, 7) is 4.54. The van der Waals surface area contributed by atoms with E-state index in [9.17, 15) is 0 Å². The van der Waals surface area contributed by atoms with Gasteiger partial charge in [0.1, 0.15) is 0 Å². The van der Waals surface area contributed by atoms with Crippen LogP contribution in [-0.4, -0.2) is 0 Å². The minimum atomic E-state index is 0.904. The minimum Gasteiger partial charge on any atom is -0.0914 e. The molecule has 0 heteroatoms. The number of hydrogen-bond acceptors (Lipinski definition) is 0. The van der Waals surface area contributed by atoms with Gasteiger partial charge in [0, 0.05) is 0 Å². The summed E-state index contributed by atoms with van der Waals surface area (Å²) >= 11 is 0. The van der Waals surface area contributed by atoms with E-state index in [-0.39, 0.29) is 0 Å². The van der Waals surface area contributed by atoms with Gasteiger partial charge in [-0.15, -0.1) is 0 Å². The van der Waals surface area contributed by atoms with Crippen molar-refractivity contribution >= 4 is 0 Å². The lowest BCUT2D eigenvalue weighted by molar-refractivity contribution is 0.107. The fraction of sp³-hybridized carbons (Fsp3) is 0.917. The Bertz CT molecular complexity index is 357. The molecule has 0 amide bonds. The van der Waals surface area contributed by atoms with Crippen molar-refractivity contribution in [2.75, 3.05) is 0 Å². The number of hydrogen-bond donors (Lipinski definition) is 0. The summed E-state index contributed by atoms with van der Waals surface area (Å²) in [5, 5.41) is 0. The summed E-state index contributed by atoms with van der Waals surface area (Å²) in [6, 6.07) is 0. The van der Waals surface area contributed by atoms with Crippen LogP contribution in [0, 0.1) is 35.5 Å². The molecule has 0 heterocycles. The Kier molecular flexibility index (Phi) is 7.29. The molecule has 3 fully saturated rings. The van der Waals surface area contributed by atoms with Crippen LogP contribution < -0.4 is 0 Å². The molecule has 3 aliphatic carbocycles. The van der Waals surface area contributed by atoms with Crippen molar-refractivity contribution < 1.29 is 0 Å². The van der Waals surface area contributed by atoms with Crippen LogP contribution in [0.4, 0.5) is 0 Å². The zero-order chi connectivity index (χ0) is 16.8. The van der Waals surface area contributed by atoms with Gasteiger partial charge < -0.3 is 0 Å². The molecule has 0 saturated heterocycles. The third-order valence-electron chi connectivity index (χ3n) is 8.02. The fourth-order valence-electron chi connectivity index (χ4n) is 6.53. The first kappa shape index (κ1) is 18.5. The molecule has 24 heavy (non-hydrogen) atoms. The zero-order valence-electron chi connectivity index (χ0n) is 16.5. The molecule has 3 aliphatic rings. The first-order chi connectivity index (χ1) is 11.8. The van der Waals surface area contributed by atoms with E-state index in [0.29, 0.717) is 0 Å². The van der Waals surface area contributed by atoms with E-state index >= 15 is 0 Å². The van der Waals surface area contributed by atoms with Gasteiger partial charge in [0.25, 0.3) is 0 Å². The Morgan fingerprint density at radius 3 is 1.46 bits per heavy atom. The van der Waals surface area contributed by atoms with Crippen molar-refractivity contribution in [2.45, 2.75) is 104 Å². The molecule has 3 rings (SSSR count). The van der Waals surface area contributed by atoms with Crippen LogP contribution in [0.1, 0.15) is 104 Å². The van der Waals surface area contributed by atoms with Crippen molar-refractivity contribution in [2.24, 2.45) is 35.5 Å². The van der Waals surface area contributed by atoms with Crippen LogP contribution in [0.2, 0.25) is 0 Å². The molecule has 0 unspecified atom stereocenters. The third-order valence-corrected chi connectivity index (χ3v) is 8.02. The van der Waals surface area contributed by atoms with Gasteiger partial charge in [-0.25, -0.2) is 0 Å². The third kappa shape index (κ3) is 4.89. The predicted molar refractivity (Wildman–Crippen MR) is 106 cm³/mol. The minimum absolute atomic E-state index is 0.904. The van der Waals surface area contributed by atoms with Gasteiger partial charge in [0.2, 0.25) is 0 Å². The predicted octanol–water partition coefficient (Wildman–Crippen LogP) is 7.78. The van der Waals surface area contributed by atoms with Crippen molar-refractivity contribution in [1.82, 2.24) is 0 Å². The molecule has 0 radical (unpaired) electrons. The monoisotopic (exact) mass is 330 g/mol. The summed E-state index contributed by atoms with van der Waals surface area (Å²) in [4.78, 5) is 0. The second-order valence-electron chi connectivity index (χ2n) is 9.44. The molecule has 0 aromatic carbocycles. The quantitative estimate of drug-likeness (QED) is 0.451. The highest BCUT2D eigenvalue weighted by Crippen LogP contribution is 2.46. The highest BCUT2D eigenvalue weighted by atomic mass is 14.4. The standard InChI is InChI=1S/C24H42/c1-3-5-19-7-11-21(12-8-19)23-15-17-24(18-16-23)22-13-9-20(6-4-2)10-14-22/h3,5,19-24H,4,6-18H2,1-2H3/b5-3+. The fourth-order valence-corrected chi connectivity index (χ4v) is 6.53. The Balaban J connectivity index is 1.37.